The Labute approximate surface area is 150 Å². The smallest absolute Gasteiger partial charge is 0.338 e. The van der Waals surface area contributed by atoms with Crippen LogP contribution in [0.1, 0.15) is 30.6 Å². The lowest BCUT2D eigenvalue weighted by molar-refractivity contribution is -0.147. The zero-order valence-electron chi connectivity index (χ0n) is 13.6. The second-order valence-electron chi connectivity index (χ2n) is 5.19. The number of hydrogen-bond donors (Lipinski definition) is 1. The average Bonchev–Trinajstić information content (AvgIpc) is 2.55. The highest BCUT2D eigenvalue weighted by Gasteiger charge is 2.27. The van der Waals surface area contributed by atoms with Crippen molar-refractivity contribution in [2.75, 3.05) is 13.7 Å². The van der Waals surface area contributed by atoms with Crippen LogP contribution in [-0.2, 0) is 19.1 Å². The van der Waals surface area contributed by atoms with Gasteiger partial charge in [-0.2, -0.15) is 0 Å². The lowest BCUT2D eigenvalue weighted by Gasteiger charge is -2.21. The summed E-state index contributed by atoms with van der Waals surface area (Å²) in [5.74, 6) is -2.02. The van der Waals surface area contributed by atoms with Crippen LogP contribution in [0.5, 0.6) is 0 Å². The van der Waals surface area contributed by atoms with Crippen LogP contribution in [0.3, 0.4) is 0 Å². The zero-order valence-corrected chi connectivity index (χ0v) is 15.1. The molecule has 0 unspecified atom stereocenters. The molecule has 1 amide bonds. The predicted molar refractivity (Wildman–Crippen MR) is 90.1 cm³/mol. The molecule has 0 heterocycles. The van der Waals surface area contributed by atoms with E-state index in [1.54, 1.807) is 0 Å². The molecule has 2 atom stereocenters. The first-order valence-electron chi connectivity index (χ1n) is 7.28. The Morgan fingerprint density at radius 1 is 1.17 bits per heavy atom. The number of hydrogen-bond acceptors (Lipinski definition) is 5. The molecule has 0 saturated carbocycles. The molecule has 6 nitrogen and oxygen atoms in total. The fourth-order valence-electron chi connectivity index (χ4n) is 1.90. The van der Waals surface area contributed by atoms with Crippen molar-refractivity contribution >= 4 is 41.0 Å². The van der Waals surface area contributed by atoms with Gasteiger partial charge in [0.1, 0.15) is 6.04 Å². The minimum atomic E-state index is -0.799. The van der Waals surface area contributed by atoms with Gasteiger partial charge >= 0.3 is 11.9 Å². The van der Waals surface area contributed by atoms with E-state index in [-0.39, 0.29) is 21.5 Å². The molecule has 0 bridgehead atoms. The molecule has 0 saturated heterocycles. The van der Waals surface area contributed by atoms with Gasteiger partial charge in [-0.05, 0) is 24.1 Å². The number of amides is 1. The maximum atomic E-state index is 11.9. The molecule has 0 spiro atoms. The summed E-state index contributed by atoms with van der Waals surface area (Å²) in [6.07, 6.45) is 0.668. The number of carbonyl (C=O) groups is 3. The molecule has 132 valence electrons. The third-order valence-corrected chi connectivity index (χ3v) is 3.85. The van der Waals surface area contributed by atoms with Crippen molar-refractivity contribution in [3.63, 3.8) is 0 Å². The highest BCUT2D eigenvalue weighted by Crippen LogP contribution is 2.19. The highest BCUT2D eigenvalue weighted by molar-refractivity contribution is 6.35. The van der Waals surface area contributed by atoms with Crippen molar-refractivity contribution in [2.45, 2.75) is 26.3 Å². The van der Waals surface area contributed by atoms with E-state index in [1.165, 1.54) is 25.3 Å². The Bertz CT molecular complexity index is 600. The Morgan fingerprint density at radius 2 is 1.75 bits per heavy atom. The van der Waals surface area contributed by atoms with E-state index in [9.17, 15) is 14.4 Å². The number of rotatable bonds is 7. The Hall–Kier alpha value is -1.79. The van der Waals surface area contributed by atoms with Crippen LogP contribution < -0.4 is 5.32 Å². The first kappa shape index (κ1) is 20.3. The van der Waals surface area contributed by atoms with Crippen LogP contribution in [0.25, 0.3) is 0 Å². The van der Waals surface area contributed by atoms with Gasteiger partial charge in [-0.25, -0.2) is 9.59 Å². The zero-order chi connectivity index (χ0) is 18.3. The van der Waals surface area contributed by atoms with E-state index in [0.717, 1.165) is 0 Å². The summed E-state index contributed by atoms with van der Waals surface area (Å²) in [5, 5.41) is 3.06. The predicted octanol–water partition coefficient (Wildman–Crippen LogP) is 2.85. The number of halogens is 2. The number of ether oxygens (including phenoxy) is 2. The van der Waals surface area contributed by atoms with Gasteiger partial charge in [0.2, 0.25) is 0 Å². The summed E-state index contributed by atoms with van der Waals surface area (Å²) in [4.78, 5) is 35.5. The lowest BCUT2D eigenvalue weighted by atomic mass is 9.99. The third-order valence-electron chi connectivity index (χ3n) is 3.42. The Kier molecular flexibility index (Phi) is 8.01. The molecule has 1 N–H and O–H groups in total. The van der Waals surface area contributed by atoms with Crippen molar-refractivity contribution in [1.82, 2.24) is 5.32 Å². The molecule has 0 aromatic heterocycles. The normalized spacial score (nSPS) is 12.9. The monoisotopic (exact) mass is 375 g/mol. The molecule has 0 aliphatic heterocycles. The number of carbonyl (C=O) groups excluding carboxylic acids is 3. The Morgan fingerprint density at radius 3 is 2.25 bits per heavy atom. The van der Waals surface area contributed by atoms with Crippen LogP contribution in [0.4, 0.5) is 0 Å². The lowest BCUT2D eigenvalue weighted by Crippen LogP contribution is -2.47. The Balaban J connectivity index is 2.64. The maximum absolute atomic E-state index is 11.9. The molecule has 0 fully saturated rings. The standard InChI is InChI=1S/C16H19Cl2NO5/c1-4-9(2)14(16(22)23-3)19-13(20)8-24-15(21)10-5-11(17)7-12(18)6-10/h5-7,9,14H,4,8H2,1-3H3,(H,19,20)/t9-,14+/m1/s1. The van der Waals surface area contributed by atoms with Crippen LogP contribution in [-0.4, -0.2) is 37.6 Å². The third kappa shape index (κ3) is 6.02. The van der Waals surface area contributed by atoms with Gasteiger partial charge < -0.3 is 14.8 Å². The van der Waals surface area contributed by atoms with Crippen molar-refractivity contribution in [1.29, 1.82) is 0 Å². The fourth-order valence-corrected chi connectivity index (χ4v) is 2.42. The average molecular weight is 376 g/mol. The molecule has 24 heavy (non-hydrogen) atoms. The SMILES string of the molecule is CC[C@@H](C)[C@H](NC(=O)COC(=O)c1cc(Cl)cc(Cl)c1)C(=O)OC. The van der Waals surface area contributed by atoms with Gasteiger partial charge in [-0.1, -0.05) is 43.5 Å². The topological polar surface area (TPSA) is 81.7 Å². The molecule has 1 aromatic rings. The van der Waals surface area contributed by atoms with E-state index in [0.29, 0.717) is 6.42 Å². The largest absolute Gasteiger partial charge is 0.467 e. The van der Waals surface area contributed by atoms with Crippen molar-refractivity contribution in [3.8, 4) is 0 Å². The molecule has 0 aliphatic carbocycles. The molecule has 1 aromatic carbocycles. The summed E-state index contributed by atoms with van der Waals surface area (Å²) >= 11 is 11.6. The summed E-state index contributed by atoms with van der Waals surface area (Å²) in [7, 11) is 1.24. The van der Waals surface area contributed by atoms with Crippen molar-refractivity contribution < 1.29 is 23.9 Å². The van der Waals surface area contributed by atoms with Crippen LogP contribution in [0.2, 0.25) is 10.0 Å². The number of methoxy groups -OCH3 is 1. The summed E-state index contributed by atoms with van der Waals surface area (Å²) < 4.78 is 9.57. The summed E-state index contributed by atoms with van der Waals surface area (Å²) in [5.41, 5.74) is 0.131. The quantitative estimate of drug-likeness (QED) is 0.740. The van der Waals surface area contributed by atoms with Gasteiger partial charge in [0.25, 0.3) is 5.91 Å². The molecule has 0 aliphatic rings. The van der Waals surface area contributed by atoms with E-state index < -0.39 is 30.5 Å². The van der Waals surface area contributed by atoms with E-state index in [2.05, 4.69) is 10.1 Å². The minimum absolute atomic E-state index is 0.121. The first-order chi connectivity index (χ1) is 11.3. The molecule has 0 radical (unpaired) electrons. The molecule has 1 rings (SSSR count). The second kappa shape index (κ2) is 9.49. The number of nitrogens with one attached hydrogen (secondary N) is 1. The molecule has 8 heteroatoms. The first-order valence-corrected chi connectivity index (χ1v) is 8.04. The van der Waals surface area contributed by atoms with E-state index in [1.807, 2.05) is 13.8 Å². The summed E-state index contributed by atoms with van der Waals surface area (Å²) in [6, 6.07) is 3.43. The minimum Gasteiger partial charge on any atom is -0.467 e. The van der Waals surface area contributed by atoms with E-state index >= 15 is 0 Å². The van der Waals surface area contributed by atoms with Crippen molar-refractivity contribution in [2.24, 2.45) is 5.92 Å². The van der Waals surface area contributed by atoms with Gasteiger partial charge in [0.15, 0.2) is 6.61 Å². The number of esters is 2. The second-order valence-corrected chi connectivity index (χ2v) is 6.06. The molecular weight excluding hydrogens is 357 g/mol. The molecular formula is C16H19Cl2NO5. The highest BCUT2D eigenvalue weighted by atomic mass is 35.5. The van der Waals surface area contributed by atoms with Crippen molar-refractivity contribution in [3.05, 3.63) is 33.8 Å². The van der Waals surface area contributed by atoms with Gasteiger partial charge in [-0.3, -0.25) is 4.79 Å². The van der Waals surface area contributed by atoms with Crippen LogP contribution in [0, 0.1) is 5.92 Å². The maximum Gasteiger partial charge on any atom is 0.338 e. The number of benzene rings is 1. The van der Waals surface area contributed by atoms with E-state index in [4.69, 9.17) is 27.9 Å². The van der Waals surface area contributed by atoms with Gasteiger partial charge in [-0.15, -0.1) is 0 Å². The summed E-state index contributed by atoms with van der Waals surface area (Å²) in [6.45, 7) is 3.16. The van der Waals surface area contributed by atoms with Gasteiger partial charge in [0, 0.05) is 10.0 Å². The fraction of sp³-hybridized carbons (Fsp3) is 0.438. The van der Waals surface area contributed by atoms with Crippen LogP contribution in [0.15, 0.2) is 18.2 Å². The van der Waals surface area contributed by atoms with Gasteiger partial charge in [0.05, 0.1) is 12.7 Å². The van der Waals surface area contributed by atoms with Crippen LogP contribution >= 0.6 is 23.2 Å².